The lowest BCUT2D eigenvalue weighted by molar-refractivity contribution is 0.431. The van der Waals surface area contributed by atoms with Crippen molar-refractivity contribution in [3.63, 3.8) is 0 Å². The molecule has 0 radical (unpaired) electrons. The van der Waals surface area contributed by atoms with Crippen molar-refractivity contribution < 1.29 is 0 Å². The molecule has 4 nitrogen and oxygen atoms in total. The molecule has 13 heavy (non-hydrogen) atoms. The van der Waals surface area contributed by atoms with Crippen LogP contribution < -0.4 is 5.73 Å². The van der Waals surface area contributed by atoms with Gasteiger partial charge in [-0.15, -0.1) is 0 Å². The number of nitrogens with two attached hydrogens (primary N) is 1. The Labute approximate surface area is 78.1 Å². The molecule has 0 saturated carbocycles. The van der Waals surface area contributed by atoms with Crippen LogP contribution in [0.1, 0.15) is 37.3 Å². The second-order valence-corrected chi connectivity index (χ2v) is 3.69. The van der Waals surface area contributed by atoms with Crippen molar-refractivity contribution in [2.24, 2.45) is 5.73 Å². The summed E-state index contributed by atoms with van der Waals surface area (Å²) in [6, 6.07) is 0. The predicted octanol–water partition coefficient (Wildman–Crippen LogP) is 0.677. The topological polar surface area (TPSA) is 56.7 Å². The molecular weight excluding hydrogens is 164 g/mol. The van der Waals surface area contributed by atoms with Crippen molar-refractivity contribution in [2.75, 3.05) is 6.54 Å². The molecular formula is C9H16N4. The normalized spacial score (nSPS) is 21.5. The number of nitrogens with zero attached hydrogens (tertiary/aromatic N) is 3. The van der Waals surface area contributed by atoms with Crippen molar-refractivity contribution >= 4 is 0 Å². The van der Waals surface area contributed by atoms with Crippen LogP contribution in [0.15, 0.2) is 0 Å². The van der Waals surface area contributed by atoms with Crippen molar-refractivity contribution in [1.29, 1.82) is 0 Å². The third-order valence-corrected chi connectivity index (χ3v) is 2.56. The first-order valence-electron chi connectivity index (χ1n) is 4.95. The van der Waals surface area contributed by atoms with Crippen LogP contribution in [0.2, 0.25) is 0 Å². The van der Waals surface area contributed by atoms with Gasteiger partial charge in [0.2, 0.25) is 0 Å². The van der Waals surface area contributed by atoms with Gasteiger partial charge in [0.15, 0.2) is 5.82 Å². The summed E-state index contributed by atoms with van der Waals surface area (Å²) in [7, 11) is 0. The number of hydrogen-bond acceptors (Lipinski definition) is 3. The number of rotatable bonds is 2. The quantitative estimate of drug-likeness (QED) is 0.728. The minimum atomic E-state index is 0.563. The van der Waals surface area contributed by atoms with Gasteiger partial charge in [0.05, 0.1) is 0 Å². The van der Waals surface area contributed by atoms with E-state index in [9.17, 15) is 0 Å². The fourth-order valence-electron chi connectivity index (χ4n) is 1.84. The lowest BCUT2D eigenvalue weighted by Crippen LogP contribution is -2.14. The zero-order chi connectivity index (χ0) is 9.26. The van der Waals surface area contributed by atoms with Crippen LogP contribution in [0.4, 0.5) is 0 Å². The van der Waals surface area contributed by atoms with E-state index in [4.69, 9.17) is 5.73 Å². The molecule has 1 aromatic rings. The van der Waals surface area contributed by atoms with Crippen molar-refractivity contribution in [2.45, 2.75) is 38.6 Å². The SMILES string of the molecule is CC1CCCn2nc(CCN)nc21. The summed E-state index contributed by atoms with van der Waals surface area (Å²) in [6.45, 7) is 3.88. The van der Waals surface area contributed by atoms with E-state index >= 15 is 0 Å². The molecule has 4 heteroatoms. The number of aromatic nitrogens is 3. The molecule has 72 valence electrons. The average molecular weight is 180 g/mol. The smallest absolute Gasteiger partial charge is 0.152 e. The summed E-state index contributed by atoms with van der Waals surface area (Å²) in [5.74, 6) is 2.62. The van der Waals surface area contributed by atoms with Gasteiger partial charge in [-0.2, -0.15) is 5.10 Å². The van der Waals surface area contributed by atoms with Gasteiger partial charge in [0.1, 0.15) is 5.82 Å². The van der Waals surface area contributed by atoms with E-state index in [1.54, 1.807) is 0 Å². The Morgan fingerprint density at radius 3 is 3.15 bits per heavy atom. The van der Waals surface area contributed by atoms with E-state index < -0.39 is 0 Å². The molecule has 2 heterocycles. The summed E-state index contributed by atoms with van der Waals surface area (Å²) in [5.41, 5.74) is 5.46. The summed E-state index contributed by atoms with van der Waals surface area (Å²) in [5, 5.41) is 4.42. The van der Waals surface area contributed by atoms with Crippen LogP contribution >= 0.6 is 0 Å². The monoisotopic (exact) mass is 180 g/mol. The molecule has 2 N–H and O–H groups in total. The summed E-state index contributed by atoms with van der Waals surface area (Å²) < 4.78 is 2.04. The first-order chi connectivity index (χ1) is 6.31. The van der Waals surface area contributed by atoms with E-state index in [1.165, 1.54) is 12.8 Å². The lowest BCUT2D eigenvalue weighted by atomic mass is 10.0. The lowest BCUT2D eigenvalue weighted by Gasteiger charge is -2.17. The van der Waals surface area contributed by atoms with Crippen molar-refractivity contribution in [1.82, 2.24) is 14.8 Å². The fraction of sp³-hybridized carbons (Fsp3) is 0.778. The molecule has 1 unspecified atom stereocenters. The maximum absolute atomic E-state index is 5.46. The minimum absolute atomic E-state index is 0.563. The summed E-state index contributed by atoms with van der Waals surface area (Å²) in [6.07, 6.45) is 3.26. The molecule has 2 rings (SSSR count). The molecule has 0 aromatic carbocycles. The van der Waals surface area contributed by atoms with Gasteiger partial charge in [0.25, 0.3) is 0 Å². The second-order valence-electron chi connectivity index (χ2n) is 3.69. The fourth-order valence-corrected chi connectivity index (χ4v) is 1.84. The molecule has 0 aliphatic carbocycles. The molecule has 0 saturated heterocycles. The Morgan fingerprint density at radius 1 is 1.62 bits per heavy atom. The molecule has 0 spiro atoms. The molecule has 1 atom stereocenters. The van der Waals surface area contributed by atoms with E-state index in [2.05, 4.69) is 17.0 Å². The van der Waals surface area contributed by atoms with E-state index in [0.29, 0.717) is 12.5 Å². The van der Waals surface area contributed by atoms with Gasteiger partial charge in [0, 0.05) is 18.9 Å². The molecule has 0 amide bonds. The first-order valence-corrected chi connectivity index (χ1v) is 4.95. The van der Waals surface area contributed by atoms with Crippen LogP contribution in [0.25, 0.3) is 0 Å². The molecule has 1 aromatic heterocycles. The Bertz CT molecular complexity index is 292. The standard InChI is InChI=1S/C9H16N4/c1-7-3-2-6-13-9(7)11-8(12-13)4-5-10/h7H,2-6,10H2,1H3. The van der Waals surface area contributed by atoms with Crippen LogP contribution in [0.5, 0.6) is 0 Å². The third-order valence-electron chi connectivity index (χ3n) is 2.56. The third kappa shape index (κ3) is 1.58. The Balaban J connectivity index is 2.25. The van der Waals surface area contributed by atoms with Gasteiger partial charge in [-0.05, 0) is 19.4 Å². The second kappa shape index (κ2) is 3.46. The summed E-state index contributed by atoms with van der Waals surface area (Å²) >= 11 is 0. The highest BCUT2D eigenvalue weighted by Crippen LogP contribution is 2.24. The molecule has 0 bridgehead atoms. The largest absolute Gasteiger partial charge is 0.330 e. The Kier molecular flexibility index (Phi) is 2.31. The maximum atomic E-state index is 5.46. The van der Waals surface area contributed by atoms with Gasteiger partial charge in [-0.3, -0.25) is 0 Å². The van der Waals surface area contributed by atoms with Crippen molar-refractivity contribution in [3.05, 3.63) is 11.6 Å². The zero-order valence-electron chi connectivity index (χ0n) is 8.03. The predicted molar refractivity (Wildman–Crippen MR) is 50.4 cm³/mol. The van der Waals surface area contributed by atoms with Crippen LogP contribution in [-0.4, -0.2) is 21.3 Å². The number of hydrogen-bond donors (Lipinski definition) is 1. The molecule has 1 aliphatic rings. The summed E-state index contributed by atoms with van der Waals surface area (Å²) in [4.78, 5) is 4.49. The zero-order valence-corrected chi connectivity index (χ0v) is 8.03. The Hall–Kier alpha value is -0.900. The van der Waals surface area contributed by atoms with Crippen LogP contribution in [0.3, 0.4) is 0 Å². The van der Waals surface area contributed by atoms with Gasteiger partial charge >= 0.3 is 0 Å². The highest BCUT2D eigenvalue weighted by atomic mass is 15.4. The van der Waals surface area contributed by atoms with E-state index in [1.807, 2.05) is 4.68 Å². The van der Waals surface area contributed by atoms with Crippen LogP contribution in [-0.2, 0) is 13.0 Å². The maximum Gasteiger partial charge on any atom is 0.152 e. The highest BCUT2D eigenvalue weighted by molar-refractivity contribution is 5.01. The van der Waals surface area contributed by atoms with E-state index in [0.717, 1.165) is 24.6 Å². The average Bonchev–Trinajstić information content (AvgIpc) is 2.49. The number of aryl methyl sites for hydroxylation is 1. The van der Waals surface area contributed by atoms with Crippen molar-refractivity contribution in [3.8, 4) is 0 Å². The first kappa shape index (κ1) is 8.69. The Morgan fingerprint density at radius 2 is 2.46 bits per heavy atom. The van der Waals surface area contributed by atoms with Gasteiger partial charge < -0.3 is 5.73 Å². The number of fused-ring (bicyclic) bond motifs is 1. The van der Waals surface area contributed by atoms with Crippen LogP contribution in [0, 0.1) is 0 Å². The molecule has 0 fully saturated rings. The highest BCUT2D eigenvalue weighted by Gasteiger charge is 2.19. The van der Waals surface area contributed by atoms with Gasteiger partial charge in [-0.1, -0.05) is 6.92 Å². The molecule has 1 aliphatic heterocycles. The minimum Gasteiger partial charge on any atom is -0.330 e. The van der Waals surface area contributed by atoms with E-state index in [-0.39, 0.29) is 0 Å². The van der Waals surface area contributed by atoms with Gasteiger partial charge in [-0.25, -0.2) is 9.67 Å².